The quantitative estimate of drug-likeness (QED) is 0.529. The van der Waals surface area contributed by atoms with Gasteiger partial charge in [0.1, 0.15) is 10.7 Å². The van der Waals surface area contributed by atoms with E-state index in [2.05, 4.69) is 11.8 Å². The van der Waals surface area contributed by atoms with Crippen molar-refractivity contribution in [2.75, 3.05) is 40.0 Å². The molecule has 0 atom stereocenters. The van der Waals surface area contributed by atoms with Crippen LogP contribution in [-0.4, -0.2) is 49.8 Å². The van der Waals surface area contributed by atoms with Gasteiger partial charge in [0.25, 0.3) is 0 Å². The van der Waals surface area contributed by atoms with Crippen molar-refractivity contribution in [1.29, 1.82) is 0 Å². The van der Waals surface area contributed by atoms with Crippen LogP contribution >= 0.6 is 12.2 Å². The molecular weight excluding hydrogens is 272 g/mol. The van der Waals surface area contributed by atoms with Gasteiger partial charge in [-0.25, -0.2) is 0 Å². The topological polar surface area (TPSA) is 47.7 Å². The lowest BCUT2D eigenvalue weighted by Crippen LogP contribution is -2.29. The van der Waals surface area contributed by atoms with Gasteiger partial charge in [0.15, 0.2) is 0 Å². The third-order valence-electron chi connectivity index (χ3n) is 3.06. The Morgan fingerprint density at radius 2 is 2.10 bits per heavy atom. The Hall–Kier alpha value is -1.17. The zero-order chi connectivity index (χ0) is 14.8. The van der Waals surface area contributed by atoms with Crippen LogP contribution in [0.4, 0.5) is 0 Å². The lowest BCUT2D eigenvalue weighted by atomic mass is 10.2. The minimum Gasteiger partial charge on any atom is -0.494 e. The Labute approximate surface area is 126 Å². The van der Waals surface area contributed by atoms with Gasteiger partial charge in [-0.05, 0) is 25.1 Å². The van der Waals surface area contributed by atoms with E-state index in [1.807, 2.05) is 24.3 Å². The first-order valence-corrected chi connectivity index (χ1v) is 7.32. The normalized spacial score (nSPS) is 10.8. The molecule has 0 saturated heterocycles. The Bertz CT molecular complexity index is 413. The van der Waals surface area contributed by atoms with E-state index in [-0.39, 0.29) is 0 Å². The van der Waals surface area contributed by atoms with Gasteiger partial charge in [0.2, 0.25) is 0 Å². The predicted molar refractivity (Wildman–Crippen MR) is 86.4 cm³/mol. The highest BCUT2D eigenvalue weighted by Gasteiger charge is 2.03. The molecule has 0 aliphatic carbocycles. The van der Waals surface area contributed by atoms with Crippen LogP contribution in [0.3, 0.4) is 0 Å². The second-order valence-electron chi connectivity index (χ2n) is 4.52. The van der Waals surface area contributed by atoms with Crippen molar-refractivity contribution >= 4 is 17.2 Å². The Kier molecular flexibility index (Phi) is 8.18. The molecule has 112 valence electrons. The van der Waals surface area contributed by atoms with Gasteiger partial charge in [-0.1, -0.05) is 31.3 Å². The van der Waals surface area contributed by atoms with Crippen LogP contribution < -0.4 is 10.5 Å². The monoisotopic (exact) mass is 296 g/mol. The molecule has 1 rings (SSSR count). The Morgan fingerprint density at radius 3 is 2.75 bits per heavy atom. The molecule has 0 saturated carbocycles. The smallest absolute Gasteiger partial charge is 0.119 e. The Morgan fingerprint density at radius 1 is 1.30 bits per heavy atom. The molecule has 1 aromatic rings. The number of nitrogens with zero attached hydrogens (tertiary/aromatic N) is 1. The molecule has 0 unspecified atom stereocenters. The molecule has 2 N–H and O–H groups in total. The highest BCUT2D eigenvalue weighted by atomic mass is 32.1. The van der Waals surface area contributed by atoms with E-state index in [4.69, 9.17) is 27.4 Å². The number of hydrogen-bond donors (Lipinski definition) is 1. The number of benzene rings is 1. The summed E-state index contributed by atoms with van der Waals surface area (Å²) < 4.78 is 10.8. The number of nitrogens with two attached hydrogens (primary N) is 1. The van der Waals surface area contributed by atoms with Crippen LogP contribution in [0.2, 0.25) is 0 Å². The number of thiocarbonyl (C=S) groups is 1. The third kappa shape index (κ3) is 6.32. The molecule has 4 nitrogen and oxygen atoms in total. The van der Waals surface area contributed by atoms with Crippen molar-refractivity contribution < 1.29 is 9.47 Å². The Balaban J connectivity index is 2.29. The second-order valence-corrected chi connectivity index (χ2v) is 4.96. The second kappa shape index (κ2) is 9.69. The number of rotatable bonds is 10. The SMILES string of the molecule is CCN(CCCOc1cccc(C(N)=S)c1)CCOC. The summed E-state index contributed by atoms with van der Waals surface area (Å²) in [5.41, 5.74) is 6.44. The van der Waals surface area contributed by atoms with Crippen LogP contribution in [0, 0.1) is 0 Å². The summed E-state index contributed by atoms with van der Waals surface area (Å²) in [6.07, 6.45) is 0.981. The molecule has 0 bridgehead atoms. The van der Waals surface area contributed by atoms with Gasteiger partial charge in [-0.15, -0.1) is 0 Å². The molecular formula is C15H24N2O2S. The molecule has 0 aliphatic rings. The van der Waals surface area contributed by atoms with Gasteiger partial charge >= 0.3 is 0 Å². The van der Waals surface area contributed by atoms with Gasteiger partial charge in [-0.2, -0.15) is 0 Å². The van der Waals surface area contributed by atoms with Crippen LogP contribution in [0.15, 0.2) is 24.3 Å². The summed E-state index contributed by atoms with van der Waals surface area (Å²) >= 11 is 4.95. The number of hydrogen-bond acceptors (Lipinski definition) is 4. The summed E-state index contributed by atoms with van der Waals surface area (Å²) in [6.45, 7) is 6.61. The van der Waals surface area contributed by atoms with Crippen LogP contribution in [0.1, 0.15) is 18.9 Å². The molecule has 0 radical (unpaired) electrons. The maximum absolute atomic E-state index is 5.72. The highest BCUT2D eigenvalue weighted by molar-refractivity contribution is 7.80. The lowest BCUT2D eigenvalue weighted by Gasteiger charge is -2.19. The molecule has 0 fully saturated rings. The summed E-state index contributed by atoms with van der Waals surface area (Å²) in [6, 6.07) is 7.59. The molecule has 0 aliphatic heterocycles. The van der Waals surface area contributed by atoms with Crippen molar-refractivity contribution in [2.45, 2.75) is 13.3 Å². The first-order chi connectivity index (χ1) is 9.67. The van der Waals surface area contributed by atoms with E-state index in [0.29, 0.717) is 11.6 Å². The minimum atomic E-state index is 0.396. The maximum Gasteiger partial charge on any atom is 0.119 e. The van der Waals surface area contributed by atoms with Crippen molar-refractivity contribution in [1.82, 2.24) is 4.90 Å². The van der Waals surface area contributed by atoms with Gasteiger partial charge in [0.05, 0.1) is 13.2 Å². The number of likely N-dealkylation sites (N-methyl/N-ethyl adjacent to an activating group) is 1. The lowest BCUT2D eigenvalue weighted by molar-refractivity contribution is 0.146. The third-order valence-corrected chi connectivity index (χ3v) is 3.30. The van der Waals surface area contributed by atoms with Crippen molar-refractivity contribution in [3.8, 4) is 5.75 Å². The predicted octanol–water partition coefficient (Wildman–Crippen LogP) is 2.06. The van der Waals surface area contributed by atoms with E-state index < -0.39 is 0 Å². The molecule has 1 aromatic carbocycles. The molecule has 0 amide bonds. The fourth-order valence-corrected chi connectivity index (χ4v) is 1.99. The fraction of sp³-hybridized carbons (Fsp3) is 0.533. The first kappa shape index (κ1) is 16.9. The van der Waals surface area contributed by atoms with E-state index in [1.165, 1.54) is 0 Å². The molecule has 0 heterocycles. The fourth-order valence-electron chi connectivity index (χ4n) is 1.87. The molecule has 0 spiro atoms. The average molecular weight is 296 g/mol. The largest absolute Gasteiger partial charge is 0.494 e. The standard InChI is InChI=1S/C15H24N2O2S/c1-3-17(9-11-18-2)8-5-10-19-14-7-4-6-13(12-14)15(16)20/h4,6-7,12H,3,5,8-11H2,1-2H3,(H2,16,20). The van der Waals surface area contributed by atoms with E-state index in [0.717, 1.165) is 44.0 Å². The zero-order valence-corrected chi connectivity index (χ0v) is 13.1. The van der Waals surface area contributed by atoms with Crippen LogP contribution in [-0.2, 0) is 4.74 Å². The van der Waals surface area contributed by atoms with Crippen LogP contribution in [0.25, 0.3) is 0 Å². The number of ether oxygens (including phenoxy) is 2. The van der Waals surface area contributed by atoms with Crippen molar-refractivity contribution in [3.63, 3.8) is 0 Å². The summed E-state index contributed by atoms with van der Waals surface area (Å²) in [7, 11) is 1.73. The number of methoxy groups -OCH3 is 1. The average Bonchev–Trinajstić information content (AvgIpc) is 2.47. The highest BCUT2D eigenvalue weighted by Crippen LogP contribution is 2.13. The van der Waals surface area contributed by atoms with Gasteiger partial charge < -0.3 is 20.1 Å². The minimum absolute atomic E-state index is 0.396. The van der Waals surface area contributed by atoms with Gasteiger partial charge in [0, 0.05) is 25.8 Å². The molecule has 0 aromatic heterocycles. The van der Waals surface area contributed by atoms with E-state index >= 15 is 0 Å². The summed E-state index contributed by atoms with van der Waals surface area (Å²) in [4.78, 5) is 2.74. The van der Waals surface area contributed by atoms with Gasteiger partial charge in [-0.3, -0.25) is 0 Å². The first-order valence-electron chi connectivity index (χ1n) is 6.91. The molecule has 20 heavy (non-hydrogen) atoms. The summed E-state index contributed by atoms with van der Waals surface area (Å²) in [5, 5.41) is 0. The van der Waals surface area contributed by atoms with Crippen molar-refractivity contribution in [3.05, 3.63) is 29.8 Å². The maximum atomic E-state index is 5.72. The molecule has 5 heteroatoms. The van der Waals surface area contributed by atoms with Crippen molar-refractivity contribution in [2.24, 2.45) is 5.73 Å². The van der Waals surface area contributed by atoms with E-state index in [9.17, 15) is 0 Å². The van der Waals surface area contributed by atoms with Crippen LogP contribution in [0.5, 0.6) is 5.75 Å². The zero-order valence-electron chi connectivity index (χ0n) is 12.3. The summed E-state index contributed by atoms with van der Waals surface area (Å²) in [5.74, 6) is 0.815. The van der Waals surface area contributed by atoms with E-state index in [1.54, 1.807) is 7.11 Å².